The maximum absolute atomic E-state index is 12.8. The number of Topliss-reactive ketones (excluding diaryl/α,β-unsaturated/α-hetero) is 1. The van der Waals surface area contributed by atoms with Gasteiger partial charge in [-0.1, -0.05) is 24.3 Å². The first-order valence-corrected chi connectivity index (χ1v) is 8.09. The zero-order valence-corrected chi connectivity index (χ0v) is 14.2. The first-order chi connectivity index (χ1) is 12.7. The molecule has 0 amide bonds. The van der Waals surface area contributed by atoms with Gasteiger partial charge in [-0.3, -0.25) is 4.79 Å². The van der Waals surface area contributed by atoms with E-state index in [1.807, 2.05) is 0 Å². The van der Waals surface area contributed by atoms with Crippen LogP contribution in [0.15, 0.2) is 57.7 Å². The zero-order valence-electron chi connectivity index (χ0n) is 14.2. The molecule has 140 valence electrons. The van der Waals surface area contributed by atoms with Crippen molar-refractivity contribution in [2.24, 2.45) is 0 Å². The van der Waals surface area contributed by atoms with E-state index in [1.54, 1.807) is 18.2 Å². The summed E-state index contributed by atoms with van der Waals surface area (Å²) in [7, 11) is 0. The lowest BCUT2D eigenvalue weighted by atomic mass is 9.86. The fraction of sp³-hybridized carbons (Fsp3) is 0.200. The predicted octanol–water partition coefficient (Wildman–Crippen LogP) is 4.63. The quantitative estimate of drug-likeness (QED) is 0.674. The number of ketones is 1. The number of hydrogen-bond acceptors (Lipinski definition) is 4. The number of alkyl halides is 3. The van der Waals surface area contributed by atoms with Gasteiger partial charge >= 0.3 is 11.8 Å². The molecule has 4 nitrogen and oxygen atoms in total. The Morgan fingerprint density at radius 3 is 2.33 bits per heavy atom. The minimum absolute atomic E-state index is 0.149. The van der Waals surface area contributed by atoms with Gasteiger partial charge in [-0.2, -0.15) is 13.2 Å². The van der Waals surface area contributed by atoms with Gasteiger partial charge in [-0.25, -0.2) is 4.79 Å². The van der Waals surface area contributed by atoms with Crippen LogP contribution in [0.3, 0.4) is 0 Å². The molecule has 0 saturated heterocycles. The van der Waals surface area contributed by atoms with Gasteiger partial charge in [0.25, 0.3) is 0 Å². The van der Waals surface area contributed by atoms with Crippen molar-refractivity contribution in [3.63, 3.8) is 0 Å². The van der Waals surface area contributed by atoms with E-state index in [4.69, 9.17) is 4.42 Å². The molecule has 0 saturated carbocycles. The Labute approximate surface area is 151 Å². The first-order valence-electron chi connectivity index (χ1n) is 8.09. The summed E-state index contributed by atoms with van der Waals surface area (Å²) >= 11 is 0. The van der Waals surface area contributed by atoms with E-state index < -0.39 is 23.3 Å². The van der Waals surface area contributed by atoms with Gasteiger partial charge in [0, 0.05) is 12.3 Å². The van der Waals surface area contributed by atoms with Crippen LogP contribution in [0.2, 0.25) is 0 Å². The molecule has 0 aliphatic heterocycles. The number of fused-ring (bicyclic) bond motifs is 1. The third-order valence-electron chi connectivity index (χ3n) is 4.30. The molecule has 7 heteroatoms. The standard InChI is InChI=1S/C20H15F3O4/c1-11(24)10-15(12-6-8-13(9-7-12)20(21,22)23)17-18(25)14-4-2-3-5-16(14)27-19(17)26/h2-9,15,25H,10H2,1H3/t15-/m1/s1. The summed E-state index contributed by atoms with van der Waals surface area (Å²) in [6, 6.07) is 10.5. The molecule has 3 aromatic rings. The molecule has 1 N–H and O–H groups in total. The molecule has 3 rings (SSSR count). The fourth-order valence-corrected chi connectivity index (χ4v) is 3.03. The highest BCUT2D eigenvalue weighted by molar-refractivity contribution is 5.85. The van der Waals surface area contributed by atoms with E-state index in [9.17, 15) is 27.9 Å². The van der Waals surface area contributed by atoms with E-state index in [2.05, 4.69) is 0 Å². The van der Waals surface area contributed by atoms with Crippen molar-refractivity contribution >= 4 is 16.8 Å². The summed E-state index contributed by atoms with van der Waals surface area (Å²) in [5.41, 5.74) is -1.35. The zero-order chi connectivity index (χ0) is 19.8. The Balaban J connectivity index is 2.18. The summed E-state index contributed by atoms with van der Waals surface area (Å²) in [5, 5.41) is 10.9. The second-order valence-corrected chi connectivity index (χ2v) is 6.23. The van der Waals surface area contributed by atoms with Crippen LogP contribution in [0, 0.1) is 0 Å². The third-order valence-corrected chi connectivity index (χ3v) is 4.30. The van der Waals surface area contributed by atoms with Crippen LogP contribution >= 0.6 is 0 Å². The van der Waals surface area contributed by atoms with Crippen molar-refractivity contribution in [2.45, 2.75) is 25.4 Å². The molecule has 27 heavy (non-hydrogen) atoms. The average Bonchev–Trinajstić information content (AvgIpc) is 2.60. The minimum atomic E-state index is -4.50. The molecule has 0 aliphatic rings. The normalized spacial score (nSPS) is 12.9. The average molecular weight is 376 g/mol. The number of hydrogen-bond donors (Lipinski definition) is 1. The van der Waals surface area contributed by atoms with Crippen molar-refractivity contribution in [2.75, 3.05) is 0 Å². The number of rotatable bonds is 4. The Bertz CT molecular complexity index is 1050. The number of carbonyl (C=O) groups is 1. The highest BCUT2D eigenvalue weighted by Crippen LogP contribution is 2.37. The minimum Gasteiger partial charge on any atom is -0.507 e. The van der Waals surface area contributed by atoms with E-state index >= 15 is 0 Å². The lowest BCUT2D eigenvalue weighted by molar-refractivity contribution is -0.137. The number of halogens is 3. The third kappa shape index (κ3) is 3.72. The molecule has 1 heterocycles. The van der Waals surface area contributed by atoms with Crippen molar-refractivity contribution in [3.8, 4) is 5.75 Å². The Morgan fingerprint density at radius 1 is 1.11 bits per heavy atom. The van der Waals surface area contributed by atoms with Crippen molar-refractivity contribution in [1.82, 2.24) is 0 Å². The lowest BCUT2D eigenvalue weighted by Gasteiger charge is -2.18. The van der Waals surface area contributed by atoms with Crippen molar-refractivity contribution < 1.29 is 27.5 Å². The Hall–Kier alpha value is -3.09. The smallest absolute Gasteiger partial charge is 0.416 e. The van der Waals surface area contributed by atoms with Gasteiger partial charge in [0.1, 0.15) is 17.1 Å². The van der Waals surface area contributed by atoms with E-state index in [0.717, 1.165) is 12.1 Å². The van der Waals surface area contributed by atoms with Crippen LogP contribution in [0.1, 0.15) is 36.0 Å². The SMILES string of the molecule is CC(=O)C[C@H](c1ccc(C(F)(F)F)cc1)c1c(O)c2ccccc2oc1=O. The second kappa shape index (κ2) is 6.90. The molecule has 0 spiro atoms. The summed E-state index contributed by atoms with van der Waals surface area (Å²) in [6.07, 6.45) is -4.67. The molecule has 0 unspecified atom stereocenters. The number of carbonyl (C=O) groups excluding carboxylic acids is 1. The number of aromatic hydroxyl groups is 1. The van der Waals surface area contributed by atoms with Crippen LogP contribution in [-0.4, -0.2) is 10.9 Å². The fourth-order valence-electron chi connectivity index (χ4n) is 3.03. The van der Waals surface area contributed by atoms with E-state index in [0.29, 0.717) is 5.56 Å². The summed E-state index contributed by atoms with van der Waals surface area (Å²) < 4.78 is 43.6. The van der Waals surface area contributed by atoms with Gasteiger partial charge in [0.15, 0.2) is 0 Å². The summed E-state index contributed by atoms with van der Waals surface area (Å²) in [4.78, 5) is 24.2. The summed E-state index contributed by atoms with van der Waals surface area (Å²) in [6.45, 7) is 1.30. The van der Waals surface area contributed by atoms with Crippen LogP contribution in [0.4, 0.5) is 13.2 Å². The van der Waals surface area contributed by atoms with Gasteiger partial charge in [0.2, 0.25) is 0 Å². The molecule has 1 atom stereocenters. The second-order valence-electron chi connectivity index (χ2n) is 6.23. The van der Waals surface area contributed by atoms with Gasteiger partial charge in [0.05, 0.1) is 16.5 Å². The van der Waals surface area contributed by atoms with E-state index in [-0.39, 0.29) is 34.5 Å². The largest absolute Gasteiger partial charge is 0.507 e. The lowest BCUT2D eigenvalue weighted by Crippen LogP contribution is -2.17. The molecule has 0 bridgehead atoms. The van der Waals surface area contributed by atoms with Crippen LogP contribution in [0.5, 0.6) is 5.75 Å². The van der Waals surface area contributed by atoms with Crippen molar-refractivity contribution in [3.05, 3.63) is 75.6 Å². The van der Waals surface area contributed by atoms with Crippen LogP contribution in [0.25, 0.3) is 11.0 Å². The molecule has 0 aliphatic carbocycles. The highest BCUT2D eigenvalue weighted by atomic mass is 19.4. The van der Waals surface area contributed by atoms with Crippen LogP contribution in [-0.2, 0) is 11.0 Å². The van der Waals surface area contributed by atoms with Crippen LogP contribution < -0.4 is 5.63 Å². The molecule has 2 aromatic carbocycles. The van der Waals surface area contributed by atoms with E-state index in [1.165, 1.54) is 25.1 Å². The van der Waals surface area contributed by atoms with Crippen molar-refractivity contribution in [1.29, 1.82) is 0 Å². The monoisotopic (exact) mass is 376 g/mol. The van der Waals surface area contributed by atoms with Gasteiger partial charge < -0.3 is 9.52 Å². The Morgan fingerprint density at radius 2 is 1.74 bits per heavy atom. The first kappa shape index (κ1) is 18.7. The summed E-state index contributed by atoms with van der Waals surface area (Å²) in [5.74, 6) is -1.55. The maximum Gasteiger partial charge on any atom is 0.416 e. The Kier molecular flexibility index (Phi) is 4.78. The topological polar surface area (TPSA) is 67.5 Å². The highest BCUT2D eigenvalue weighted by Gasteiger charge is 2.31. The number of benzene rings is 2. The molecule has 0 fully saturated rings. The molecule has 1 aromatic heterocycles. The maximum atomic E-state index is 12.8. The molecular weight excluding hydrogens is 361 g/mol. The van der Waals surface area contributed by atoms with Gasteiger partial charge in [-0.05, 0) is 36.8 Å². The van der Waals surface area contributed by atoms with Gasteiger partial charge in [-0.15, -0.1) is 0 Å². The predicted molar refractivity (Wildman–Crippen MR) is 92.7 cm³/mol. The molecular formula is C20H15F3O4. The number of para-hydroxylation sites is 1. The molecule has 0 radical (unpaired) electrons.